The Hall–Kier alpha value is -2.38. The Kier molecular flexibility index (Phi) is 4.20. The van der Waals surface area contributed by atoms with Crippen molar-refractivity contribution in [1.82, 2.24) is 0 Å². The molecule has 2 N–H and O–H groups in total. The highest BCUT2D eigenvalue weighted by Crippen LogP contribution is 2.52. The number of carboxylic acid groups (broad SMARTS) is 2. The first-order valence-corrected chi connectivity index (χ1v) is 6.64. The van der Waals surface area contributed by atoms with Crippen LogP contribution in [-0.4, -0.2) is 48.3 Å². The highest BCUT2D eigenvalue weighted by molar-refractivity contribution is 5.89. The van der Waals surface area contributed by atoms with Crippen LogP contribution in [0.25, 0.3) is 0 Å². The van der Waals surface area contributed by atoms with Gasteiger partial charge in [0, 0.05) is 11.8 Å². The van der Waals surface area contributed by atoms with Crippen molar-refractivity contribution in [3.05, 3.63) is 12.2 Å². The zero-order valence-corrected chi connectivity index (χ0v) is 12.0. The summed E-state index contributed by atoms with van der Waals surface area (Å²) >= 11 is 0. The van der Waals surface area contributed by atoms with Gasteiger partial charge in [0.2, 0.25) is 0 Å². The van der Waals surface area contributed by atoms with Crippen molar-refractivity contribution in [2.45, 2.75) is 0 Å². The van der Waals surface area contributed by atoms with E-state index in [0.717, 1.165) is 14.2 Å². The SMILES string of the molecule is COC(=O)C1C2C=CC(C1C(=O)O)C(C(=O)O)C2C(=O)OC. The van der Waals surface area contributed by atoms with Crippen LogP contribution >= 0.6 is 0 Å². The highest BCUT2D eigenvalue weighted by atomic mass is 16.5. The van der Waals surface area contributed by atoms with Crippen LogP contribution in [0, 0.1) is 35.5 Å². The molecule has 0 aromatic rings. The summed E-state index contributed by atoms with van der Waals surface area (Å²) in [5, 5.41) is 18.8. The van der Waals surface area contributed by atoms with Crippen molar-refractivity contribution >= 4 is 23.9 Å². The van der Waals surface area contributed by atoms with Gasteiger partial charge in [-0.05, 0) is 0 Å². The first kappa shape index (κ1) is 16.0. The third kappa shape index (κ3) is 2.24. The quantitative estimate of drug-likeness (QED) is 0.539. The maximum Gasteiger partial charge on any atom is 0.310 e. The van der Waals surface area contributed by atoms with Crippen molar-refractivity contribution in [2.24, 2.45) is 35.5 Å². The van der Waals surface area contributed by atoms with Crippen molar-refractivity contribution in [2.75, 3.05) is 14.2 Å². The lowest BCUT2D eigenvalue weighted by Gasteiger charge is -2.48. The molecule has 0 aliphatic heterocycles. The number of hydrogen-bond acceptors (Lipinski definition) is 6. The molecule has 0 spiro atoms. The number of aliphatic carboxylic acids is 2. The lowest BCUT2D eigenvalue weighted by Crippen LogP contribution is -2.57. The Bertz CT molecular complexity index is 509. The van der Waals surface area contributed by atoms with Gasteiger partial charge in [0.25, 0.3) is 0 Å². The van der Waals surface area contributed by atoms with Gasteiger partial charge in [-0.25, -0.2) is 0 Å². The molecule has 0 radical (unpaired) electrons. The maximum atomic E-state index is 12.0. The van der Waals surface area contributed by atoms with Gasteiger partial charge in [-0.3, -0.25) is 19.2 Å². The van der Waals surface area contributed by atoms with E-state index in [1.165, 1.54) is 12.2 Å². The van der Waals surface area contributed by atoms with Crippen LogP contribution in [0.1, 0.15) is 0 Å². The lowest BCUT2D eigenvalue weighted by atomic mass is 9.53. The van der Waals surface area contributed by atoms with E-state index in [-0.39, 0.29) is 0 Å². The van der Waals surface area contributed by atoms with Gasteiger partial charge in [0.15, 0.2) is 0 Å². The molecule has 0 heterocycles. The number of rotatable bonds is 4. The number of fused-ring (bicyclic) bond motifs is 2. The average molecular weight is 312 g/mol. The number of carbonyl (C=O) groups is 4. The van der Waals surface area contributed by atoms with E-state index in [1.54, 1.807) is 0 Å². The Morgan fingerprint density at radius 1 is 0.727 bits per heavy atom. The zero-order valence-electron chi connectivity index (χ0n) is 12.0. The molecule has 120 valence electrons. The normalized spacial score (nSPS) is 35.7. The van der Waals surface area contributed by atoms with Crippen LogP contribution in [0.3, 0.4) is 0 Å². The smallest absolute Gasteiger partial charge is 0.310 e. The molecule has 4 unspecified atom stereocenters. The summed E-state index contributed by atoms with van der Waals surface area (Å²) in [6.07, 6.45) is 2.98. The van der Waals surface area contributed by atoms with E-state index in [0.29, 0.717) is 0 Å². The van der Waals surface area contributed by atoms with E-state index in [1.807, 2.05) is 0 Å². The fraction of sp³-hybridized carbons (Fsp3) is 0.571. The first-order chi connectivity index (χ1) is 10.3. The Morgan fingerprint density at radius 3 is 1.32 bits per heavy atom. The van der Waals surface area contributed by atoms with Crippen LogP contribution in [0.5, 0.6) is 0 Å². The van der Waals surface area contributed by atoms with E-state index in [2.05, 4.69) is 9.47 Å². The van der Waals surface area contributed by atoms with Crippen LogP contribution in [0.15, 0.2) is 12.2 Å². The van der Waals surface area contributed by atoms with Gasteiger partial charge in [0.1, 0.15) is 0 Å². The summed E-state index contributed by atoms with van der Waals surface area (Å²) < 4.78 is 9.29. The number of carbonyl (C=O) groups excluding carboxylic acids is 2. The monoisotopic (exact) mass is 312 g/mol. The molecule has 8 nitrogen and oxygen atoms in total. The first-order valence-electron chi connectivity index (χ1n) is 6.64. The Morgan fingerprint density at radius 2 is 1.05 bits per heavy atom. The summed E-state index contributed by atoms with van der Waals surface area (Å²) in [6.45, 7) is 0. The van der Waals surface area contributed by atoms with Gasteiger partial charge < -0.3 is 19.7 Å². The molecule has 3 aliphatic rings. The molecule has 2 bridgehead atoms. The van der Waals surface area contributed by atoms with Crippen molar-refractivity contribution < 1.29 is 38.9 Å². The van der Waals surface area contributed by atoms with Gasteiger partial charge in [-0.1, -0.05) is 12.2 Å². The molecule has 8 heteroatoms. The van der Waals surface area contributed by atoms with E-state index in [4.69, 9.17) is 0 Å². The molecule has 3 aliphatic carbocycles. The molecule has 1 fully saturated rings. The van der Waals surface area contributed by atoms with Crippen molar-refractivity contribution in [3.8, 4) is 0 Å². The molecule has 0 aromatic carbocycles. The van der Waals surface area contributed by atoms with Gasteiger partial charge in [-0.15, -0.1) is 0 Å². The summed E-state index contributed by atoms with van der Waals surface area (Å²) in [4.78, 5) is 47.0. The van der Waals surface area contributed by atoms with E-state index in [9.17, 15) is 29.4 Å². The Labute approximate surface area is 125 Å². The minimum absolute atomic E-state index is 0.774. The second-order valence-corrected chi connectivity index (χ2v) is 5.37. The third-order valence-electron chi connectivity index (χ3n) is 4.51. The summed E-state index contributed by atoms with van der Waals surface area (Å²) in [5.41, 5.74) is 0. The molecular weight excluding hydrogens is 296 g/mol. The second-order valence-electron chi connectivity index (χ2n) is 5.37. The fourth-order valence-corrected chi connectivity index (χ4v) is 3.66. The molecule has 0 amide bonds. The standard InChI is InChI=1S/C14H16O8/c1-21-13(19)9-6-4-3-5(7(9)11(15)16)8(12(17)18)10(6)14(20)22-2/h3-10H,1-2H3,(H,15,16)(H,17,18). The number of ether oxygens (including phenoxy) is 2. The van der Waals surface area contributed by atoms with E-state index < -0.39 is 59.4 Å². The molecule has 4 atom stereocenters. The summed E-state index contributed by atoms with van der Waals surface area (Å²) in [7, 11) is 2.24. The fourth-order valence-electron chi connectivity index (χ4n) is 3.66. The average Bonchev–Trinajstić information content (AvgIpc) is 2.51. The predicted octanol–water partition coefficient (Wildman–Crippen LogP) is -0.218. The second kappa shape index (κ2) is 5.78. The number of carboxylic acids is 2. The van der Waals surface area contributed by atoms with Crippen LogP contribution < -0.4 is 0 Å². The summed E-state index contributed by atoms with van der Waals surface area (Å²) in [6, 6.07) is 0. The summed E-state index contributed by atoms with van der Waals surface area (Å²) in [5.74, 6) is -10.7. The maximum absolute atomic E-state index is 12.0. The number of allylic oxidation sites excluding steroid dienone is 2. The minimum Gasteiger partial charge on any atom is -0.481 e. The molecule has 22 heavy (non-hydrogen) atoms. The lowest BCUT2D eigenvalue weighted by molar-refractivity contribution is -0.180. The van der Waals surface area contributed by atoms with Crippen LogP contribution in [0.2, 0.25) is 0 Å². The van der Waals surface area contributed by atoms with E-state index >= 15 is 0 Å². The third-order valence-corrected chi connectivity index (χ3v) is 4.51. The van der Waals surface area contributed by atoms with Crippen molar-refractivity contribution in [3.63, 3.8) is 0 Å². The zero-order chi connectivity index (χ0) is 16.6. The Balaban J connectivity index is 2.55. The minimum atomic E-state index is -1.29. The predicted molar refractivity (Wildman–Crippen MR) is 69.4 cm³/mol. The molecule has 0 aromatic heterocycles. The number of hydrogen-bond donors (Lipinski definition) is 2. The molecule has 1 saturated carbocycles. The van der Waals surface area contributed by atoms with Gasteiger partial charge >= 0.3 is 23.9 Å². The number of methoxy groups -OCH3 is 2. The largest absolute Gasteiger partial charge is 0.481 e. The van der Waals surface area contributed by atoms with Gasteiger partial charge in [-0.2, -0.15) is 0 Å². The number of esters is 2. The molecular formula is C14H16O8. The van der Waals surface area contributed by atoms with Crippen LogP contribution in [-0.2, 0) is 28.7 Å². The topological polar surface area (TPSA) is 127 Å². The van der Waals surface area contributed by atoms with Crippen molar-refractivity contribution in [1.29, 1.82) is 0 Å². The molecule has 0 saturated heterocycles. The highest BCUT2D eigenvalue weighted by Gasteiger charge is 2.61. The van der Waals surface area contributed by atoms with Crippen LogP contribution in [0.4, 0.5) is 0 Å². The van der Waals surface area contributed by atoms with Gasteiger partial charge in [0.05, 0.1) is 37.9 Å². The molecule has 3 rings (SSSR count).